The molecule has 1 atom stereocenters. The average molecular weight is 260 g/mol. The predicted octanol–water partition coefficient (Wildman–Crippen LogP) is 3.92. The molecule has 0 aliphatic heterocycles. The van der Waals surface area contributed by atoms with Crippen molar-refractivity contribution in [2.24, 2.45) is 5.92 Å². The van der Waals surface area contributed by atoms with Crippen molar-refractivity contribution >= 4 is 5.97 Å². The lowest BCUT2D eigenvalue weighted by Crippen LogP contribution is -2.19. The van der Waals surface area contributed by atoms with Crippen LogP contribution in [0.5, 0.6) is 0 Å². The molecule has 0 aromatic heterocycles. The van der Waals surface area contributed by atoms with Crippen molar-refractivity contribution < 1.29 is 23.1 Å². The molecular weight excluding hydrogens is 245 g/mol. The molecule has 0 radical (unpaired) electrons. The molecule has 1 aromatic carbocycles. The number of hydrogen-bond donors (Lipinski definition) is 1. The van der Waals surface area contributed by atoms with Crippen molar-refractivity contribution in [2.75, 3.05) is 0 Å². The lowest BCUT2D eigenvalue weighted by atomic mass is 9.87. The number of carboxylic acids is 1. The summed E-state index contributed by atoms with van der Waals surface area (Å²) in [7, 11) is 0. The molecule has 0 bridgehead atoms. The molecule has 0 heterocycles. The van der Waals surface area contributed by atoms with Gasteiger partial charge >= 0.3 is 12.1 Å². The number of carbonyl (C=O) groups is 1. The zero-order chi connectivity index (χ0) is 13.9. The van der Waals surface area contributed by atoms with Gasteiger partial charge in [-0.3, -0.25) is 4.79 Å². The smallest absolute Gasteiger partial charge is 0.416 e. The number of rotatable bonds is 4. The van der Waals surface area contributed by atoms with E-state index in [1.165, 1.54) is 18.2 Å². The predicted molar refractivity (Wildman–Crippen MR) is 61.3 cm³/mol. The number of benzene rings is 1. The van der Waals surface area contributed by atoms with Crippen molar-refractivity contribution in [1.82, 2.24) is 0 Å². The fourth-order valence-electron chi connectivity index (χ4n) is 1.89. The summed E-state index contributed by atoms with van der Waals surface area (Å²) in [4.78, 5) is 11.1. The number of alkyl halides is 3. The van der Waals surface area contributed by atoms with Gasteiger partial charge in [-0.1, -0.05) is 32.0 Å². The molecule has 0 spiro atoms. The Hall–Kier alpha value is -1.52. The fraction of sp³-hybridized carbons (Fsp3) is 0.462. The number of hydrogen-bond acceptors (Lipinski definition) is 1. The summed E-state index contributed by atoms with van der Waals surface area (Å²) < 4.78 is 38.4. The molecule has 5 heteroatoms. The monoisotopic (exact) mass is 260 g/mol. The van der Waals surface area contributed by atoms with Crippen molar-refractivity contribution in [3.8, 4) is 0 Å². The standard InChI is InChI=1S/C13H15F3O2/c1-8(2)7-10(12(17)18)9-5-3-4-6-11(9)13(14,15)16/h3-6,8,10H,7H2,1-2H3,(H,17,18). The van der Waals surface area contributed by atoms with Gasteiger partial charge in [0, 0.05) is 0 Å². The van der Waals surface area contributed by atoms with Crippen LogP contribution in [0.15, 0.2) is 24.3 Å². The van der Waals surface area contributed by atoms with Crippen LogP contribution in [0, 0.1) is 5.92 Å². The lowest BCUT2D eigenvalue weighted by molar-refractivity contribution is -0.141. The largest absolute Gasteiger partial charge is 0.481 e. The second-order valence-electron chi connectivity index (χ2n) is 4.61. The molecule has 0 aliphatic rings. The van der Waals surface area contributed by atoms with Crippen LogP contribution < -0.4 is 0 Å². The molecule has 1 unspecified atom stereocenters. The Kier molecular flexibility index (Phi) is 4.38. The highest BCUT2D eigenvalue weighted by Gasteiger charge is 2.36. The summed E-state index contributed by atoms with van der Waals surface area (Å²) in [5.74, 6) is -2.34. The van der Waals surface area contributed by atoms with Crippen molar-refractivity contribution in [3.05, 3.63) is 35.4 Å². The van der Waals surface area contributed by atoms with E-state index in [9.17, 15) is 18.0 Å². The normalized spacial score (nSPS) is 13.7. The van der Waals surface area contributed by atoms with Gasteiger partial charge in [0.05, 0.1) is 11.5 Å². The Morgan fingerprint density at radius 3 is 2.28 bits per heavy atom. The van der Waals surface area contributed by atoms with Gasteiger partial charge in [-0.25, -0.2) is 0 Å². The van der Waals surface area contributed by atoms with E-state index >= 15 is 0 Å². The van der Waals surface area contributed by atoms with E-state index in [-0.39, 0.29) is 17.9 Å². The number of halogens is 3. The highest BCUT2D eigenvalue weighted by atomic mass is 19.4. The summed E-state index contributed by atoms with van der Waals surface area (Å²) in [6.45, 7) is 3.57. The van der Waals surface area contributed by atoms with Crippen LogP contribution in [-0.4, -0.2) is 11.1 Å². The van der Waals surface area contributed by atoms with Crippen molar-refractivity contribution in [1.29, 1.82) is 0 Å². The van der Waals surface area contributed by atoms with E-state index < -0.39 is 23.6 Å². The van der Waals surface area contributed by atoms with Crippen molar-refractivity contribution in [2.45, 2.75) is 32.4 Å². The van der Waals surface area contributed by atoms with Gasteiger partial charge in [0.2, 0.25) is 0 Å². The molecule has 18 heavy (non-hydrogen) atoms. The van der Waals surface area contributed by atoms with Gasteiger partial charge in [-0.05, 0) is 24.0 Å². The maximum Gasteiger partial charge on any atom is 0.416 e. The summed E-state index contributed by atoms with van der Waals surface area (Å²) in [6, 6.07) is 4.86. The summed E-state index contributed by atoms with van der Waals surface area (Å²) in [6.07, 6.45) is -4.34. The van der Waals surface area contributed by atoms with Crippen molar-refractivity contribution in [3.63, 3.8) is 0 Å². The SMILES string of the molecule is CC(C)CC(C(=O)O)c1ccccc1C(F)(F)F. The molecule has 0 saturated carbocycles. The topological polar surface area (TPSA) is 37.3 Å². The van der Waals surface area contributed by atoms with Crippen LogP contribution in [0.25, 0.3) is 0 Å². The van der Waals surface area contributed by atoms with Gasteiger partial charge in [0.15, 0.2) is 0 Å². The Bertz CT molecular complexity index is 424. The number of aliphatic carboxylic acids is 1. The molecule has 1 aromatic rings. The van der Waals surface area contributed by atoms with E-state index in [4.69, 9.17) is 5.11 Å². The Balaban J connectivity index is 3.24. The van der Waals surface area contributed by atoms with Crippen LogP contribution >= 0.6 is 0 Å². The first kappa shape index (κ1) is 14.5. The molecule has 0 aliphatic carbocycles. The molecular formula is C13H15F3O2. The zero-order valence-electron chi connectivity index (χ0n) is 10.2. The lowest BCUT2D eigenvalue weighted by Gasteiger charge is -2.19. The highest BCUT2D eigenvalue weighted by Crippen LogP contribution is 2.37. The second kappa shape index (κ2) is 5.42. The molecule has 2 nitrogen and oxygen atoms in total. The van der Waals surface area contributed by atoms with Gasteiger partial charge < -0.3 is 5.11 Å². The average Bonchev–Trinajstić information content (AvgIpc) is 2.24. The molecule has 1 N–H and O–H groups in total. The van der Waals surface area contributed by atoms with E-state index in [0.29, 0.717) is 0 Å². The highest BCUT2D eigenvalue weighted by molar-refractivity contribution is 5.76. The van der Waals surface area contributed by atoms with Crippen LogP contribution in [0.3, 0.4) is 0 Å². The fourth-order valence-corrected chi connectivity index (χ4v) is 1.89. The molecule has 0 amide bonds. The van der Waals surface area contributed by atoms with Crippen LogP contribution in [0.4, 0.5) is 13.2 Å². The molecule has 100 valence electrons. The molecule has 1 rings (SSSR count). The van der Waals surface area contributed by atoms with Crippen LogP contribution in [0.2, 0.25) is 0 Å². The van der Waals surface area contributed by atoms with Gasteiger partial charge in [-0.2, -0.15) is 13.2 Å². The van der Waals surface area contributed by atoms with Crippen LogP contribution in [-0.2, 0) is 11.0 Å². The third-order valence-electron chi connectivity index (χ3n) is 2.65. The minimum absolute atomic E-state index is 0.00684. The zero-order valence-corrected chi connectivity index (χ0v) is 10.2. The number of carboxylic acid groups (broad SMARTS) is 1. The van der Waals surface area contributed by atoms with Crippen LogP contribution in [0.1, 0.15) is 37.3 Å². The second-order valence-corrected chi connectivity index (χ2v) is 4.61. The van der Waals surface area contributed by atoms with Gasteiger partial charge in [-0.15, -0.1) is 0 Å². The molecule has 0 fully saturated rings. The summed E-state index contributed by atoms with van der Waals surface area (Å²) in [5.41, 5.74) is -1.02. The van der Waals surface area contributed by atoms with E-state index in [1.807, 2.05) is 0 Å². The first-order valence-corrected chi connectivity index (χ1v) is 5.62. The third kappa shape index (κ3) is 3.48. The summed E-state index contributed by atoms with van der Waals surface area (Å²) >= 11 is 0. The molecule has 0 saturated heterocycles. The Morgan fingerprint density at radius 2 is 1.83 bits per heavy atom. The Labute approximate surface area is 103 Å². The maximum absolute atomic E-state index is 12.8. The Morgan fingerprint density at radius 1 is 1.28 bits per heavy atom. The third-order valence-corrected chi connectivity index (χ3v) is 2.65. The first-order valence-electron chi connectivity index (χ1n) is 5.62. The van der Waals surface area contributed by atoms with Gasteiger partial charge in [0.25, 0.3) is 0 Å². The minimum atomic E-state index is -4.53. The minimum Gasteiger partial charge on any atom is -0.481 e. The maximum atomic E-state index is 12.8. The summed E-state index contributed by atoms with van der Waals surface area (Å²) in [5, 5.41) is 9.10. The first-order chi connectivity index (χ1) is 8.23. The van der Waals surface area contributed by atoms with E-state index in [0.717, 1.165) is 6.07 Å². The van der Waals surface area contributed by atoms with E-state index in [1.54, 1.807) is 13.8 Å². The quantitative estimate of drug-likeness (QED) is 0.890. The van der Waals surface area contributed by atoms with Gasteiger partial charge in [0.1, 0.15) is 0 Å². The van der Waals surface area contributed by atoms with E-state index in [2.05, 4.69) is 0 Å².